The highest BCUT2D eigenvalue weighted by Crippen LogP contribution is 2.39. The maximum absolute atomic E-state index is 13.2. The highest BCUT2D eigenvalue weighted by atomic mass is 16.5. The summed E-state index contributed by atoms with van der Waals surface area (Å²) in [6.45, 7) is 1.35. The van der Waals surface area contributed by atoms with Gasteiger partial charge in [-0.15, -0.1) is 0 Å². The minimum Gasteiger partial charge on any atom is -0.459 e. The first-order valence-corrected chi connectivity index (χ1v) is 9.73. The molecule has 0 spiro atoms. The van der Waals surface area contributed by atoms with E-state index in [2.05, 4.69) is 4.98 Å². The van der Waals surface area contributed by atoms with E-state index in [9.17, 15) is 9.59 Å². The van der Waals surface area contributed by atoms with Crippen molar-refractivity contribution in [3.63, 3.8) is 0 Å². The van der Waals surface area contributed by atoms with Gasteiger partial charge in [-0.3, -0.25) is 9.36 Å². The van der Waals surface area contributed by atoms with Crippen molar-refractivity contribution in [1.29, 1.82) is 0 Å². The highest BCUT2D eigenvalue weighted by molar-refractivity contribution is 5.65. The molecule has 0 saturated heterocycles. The molecule has 0 unspecified atom stereocenters. The van der Waals surface area contributed by atoms with Crippen molar-refractivity contribution in [3.05, 3.63) is 130 Å². The van der Waals surface area contributed by atoms with E-state index in [0.29, 0.717) is 5.69 Å². The predicted octanol–water partition coefficient (Wildman–Crippen LogP) is 4.08. The van der Waals surface area contributed by atoms with Crippen LogP contribution in [-0.2, 0) is 21.7 Å². The molecule has 5 heteroatoms. The van der Waals surface area contributed by atoms with Crippen molar-refractivity contribution in [2.45, 2.75) is 19.1 Å². The lowest BCUT2D eigenvalue weighted by Crippen LogP contribution is -2.42. The lowest BCUT2D eigenvalue weighted by molar-refractivity contribution is -0.142. The number of benzene rings is 3. The maximum atomic E-state index is 13.2. The molecule has 0 aliphatic heterocycles. The summed E-state index contributed by atoms with van der Waals surface area (Å²) in [4.78, 5) is 27.3. The van der Waals surface area contributed by atoms with Gasteiger partial charge in [0.15, 0.2) is 0 Å². The Balaban J connectivity index is 2.04. The maximum Gasteiger partial charge on any atom is 0.327 e. The summed E-state index contributed by atoms with van der Waals surface area (Å²) in [7, 11) is 0. The van der Waals surface area contributed by atoms with E-state index in [0.717, 1.165) is 16.7 Å². The summed E-state index contributed by atoms with van der Waals surface area (Å²) in [6.07, 6.45) is 1.73. The van der Waals surface area contributed by atoms with Crippen LogP contribution in [0, 0.1) is 0 Å². The standard InChI is InChI=1S/C25H22N2O3/c1-19(28)30-18-23-17-27(24(29)26-23)25(20-11-5-2-6-12-20,21-13-7-3-8-14-21)22-15-9-4-10-16-22/h2-17H,18H2,1H3,(H,26,29). The normalized spacial score (nSPS) is 11.2. The molecule has 1 heterocycles. The van der Waals surface area contributed by atoms with Gasteiger partial charge in [-0.2, -0.15) is 0 Å². The second-order valence-corrected chi connectivity index (χ2v) is 7.04. The molecule has 0 amide bonds. The number of hydrogen-bond donors (Lipinski definition) is 1. The first-order valence-electron chi connectivity index (χ1n) is 9.73. The Morgan fingerprint density at radius 3 is 1.67 bits per heavy atom. The van der Waals surface area contributed by atoms with E-state index in [1.165, 1.54) is 6.92 Å². The quantitative estimate of drug-likeness (QED) is 0.393. The van der Waals surface area contributed by atoms with Crippen molar-refractivity contribution < 1.29 is 9.53 Å². The van der Waals surface area contributed by atoms with Gasteiger partial charge in [0.05, 0.1) is 5.69 Å². The van der Waals surface area contributed by atoms with Crippen LogP contribution in [0.25, 0.3) is 0 Å². The predicted molar refractivity (Wildman–Crippen MR) is 115 cm³/mol. The van der Waals surface area contributed by atoms with E-state index in [4.69, 9.17) is 4.74 Å². The largest absolute Gasteiger partial charge is 0.459 e. The summed E-state index contributed by atoms with van der Waals surface area (Å²) in [6, 6.07) is 29.8. The van der Waals surface area contributed by atoms with Gasteiger partial charge < -0.3 is 9.72 Å². The van der Waals surface area contributed by atoms with Crippen molar-refractivity contribution in [3.8, 4) is 0 Å². The van der Waals surface area contributed by atoms with Gasteiger partial charge in [-0.05, 0) is 16.7 Å². The SMILES string of the molecule is CC(=O)OCc1cn(C(c2ccccc2)(c2ccccc2)c2ccccc2)c(=O)[nH]1. The molecule has 3 aromatic carbocycles. The number of aromatic amines is 1. The zero-order valence-corrected chi connectivity index (χ0v) is 16.6. The van der Waals surface area contributed by atoms with Gasteiger partial charge in [-0.25, -0.2) is 4.79 Å². The smallest absolute Gasteiger partial charge is 0.327 e. The second-order valence-electron chi connectivity index (χ2n) is 7.04. The fourth-order valence-electron chi connectivity index (χ4n) is 3.90. The average Bonchev–Trinajstić information content (AvgIpc) is 3.16. The van der Waals surface area contributed by atoms with Gasteiger partial charge in [0, 0.05) is 13.1 Å². The van der Waals surface area contributed by atoms with Crippen molar-refractivity contribution in [2.75, 3.05) is 0 Å². The van der Waals surface area contributed by atoms with Crippen LogP contribution < -0.4 is 5.69 Å². The number of nitrogens with zero attached hydrogens (tertiary/aromatic N) is 1. The van der Waals surface area contributed by atoms with Gasteiger partial charge in [0.2, 0.25) is 0 Å². The number of esters is 1. The van der Waals surface area contributed by atoms with E-state index in [-0.39, 0.29) is 12.3 Å². The van der Waals surface area contributed by atoms with Crippen LogP contribution in [0.5, 0.6) is 0 Å². The number of ether oxygens (including phenoxy) is 1. The Morgan fingerprint density at radius 2 is 1.27 bits per heavy atom. The molecule has 0 saturated carbocycles. The summed E-state index contributed by atoms with van der Waals surface area (Å²) >= 11 is 0. The van der Waals surface area contributed by atoms with E-state index >= 15 is 0 Å². The first kappa shape index (κ1) is 19.5. The molecular weight excluding hydrogens is 376 g/mol. The zero-order valence-electron chi connectivity index (χ0n) is 16.6. The molecule has 0 atom stereocenters. The molecule has 0 bridgehead atoms. The molecular formula is C25H22N2O3. The average molecular weight is 398 g/mol. The molecule has 0 aliphatic carbocycles. The summed E-state index contributed by atoms with van der Waals surface area (Å²) < 4.78 is 6.79. The van der Waals surface area contributed by atoms with E-state index in [1.54, 1.807) is 10.8 Å². The number of carbonyl (C=O) groups excluding carboxylic acids is 1. The fourth-order valence-corrected chi connectivity index (χ4v) is 3.90. The third kappa shape index (κ3) is 3.46. The number of aromatic nitrogens is 2. The minimum atomic E-state index is -0.897. The molecule has 1 N–H and O–H groups in total. The number of nitrogens with one attached hydrogen (secondary N) is 1. The minimum absolute atomic E-state index is 0.00597. The third-order valence-electron chi connectivity index (χ3n) is 5.14. The molecule has 4 aromatic rings. The number of hydrogen-bond acceptors (Lipinski definition) is 3. The Hall–Kier alpha value is -3.86. The Kier molecular flexibility index (Phi) is 5.35. The Labute approximate surface area is 174 Å². The number of carbonyl (C=O) groups is 1. The van der Waals surface area contributed by atoms with Crippen LogP contribution in [0.3, 0.4) is 0 Å². The monoisotopic (exact) mass is 398 g/mol. The Bertz CT molecular complexity index is 1080. The van der Waals surface area contributed by atoms with Crippen LogP contribution >= 0.6 is 0 Å². The van der Waals surface area contributed by atoms with Crippen molar-refractivity contribution >= 4 is 5.97 Å². The molecule has 0 radical (unpaired) electrons. The lowest BCUT2D eigenvalue weighted by Gasteiger charge is -2.36. The Morgan fingerprint density at radius 1 is 0.833 bits per heavy atom. The number of rotatable bonds is 6. The van der Waals surface area contributed by atoms with Crippen molar-refractivity contribution in [2.24, 2.45) is 0 Å². The molecule has 30 heavy (non-hydrogen) atoms. The van der Waals surface area contributed by atoms with Crippen LogP contribution in [0.1, 0.15) is 29.3 Å². The van der Waals surface area contributed by atoms with Crippen LogP contribution in [0.2, 0.25) is 0 Å². The van der Waals surface area contributed by atoms with Crippen LogP contribution in [-0.4, -0.2) is 15.5 Å². The van der Waals surface area contributed by atoms with Crippen molar-refractivity contribution in [1.82, 2.24) is 9.55 Å². The van der Waals surface area contributed by atoms with Crippen LogP contribution in [0.15, 0.2) is 102 Å². The zero-order chi connectivity index (χ0) is 21.0. The summed E-state index contributed by atoms with van der Waals surface area (Å²) in [5.41, 5.74) is 2.19. The summed E-state index contributed by atoms with van der Waals surface area (Å²) in [5, 5.41) is 0. The topological polar surface area (TPSA) is 64.1 Å². The number of H-pyrrole nitrogens is 1. The summed E-state index contributed by atoms with van der Waals surface area (Å²) in [5.74, 6) is -0.399. The highest BCUT2D eigenvalue weighted by Gasteiger charge is 2.39. The van der Waals surface area contributed by atoms with Gasteiger partial charge in [0.1, 0.15) is 12.1 Å². The molecule has 0 fully saturated rings. The number of imidazole rings is 1. The molecule has 1 aromatic heterocycles. The van der Waals surface area contributed by atoms with Gasteiger partial charge >= 0.3 is 11.7 Å². The fraction of sp³-hybridized carbons (Fsp3) is 0.120. The van der Waals surface area contributed by atoms with E-state index < -0.39 is 11.5 Å². The van der Waals surface area contributed by atoms with Gasteiger partial charge in [-0.1, -0.05) is 91.0 Å². The van der Waals surface area contributed by atoms with E-state index in [1.807, 2.05) is 91.0 Å². The first-order chi connectivity index (χ1) is 14.6. The molecule has 4 rings (SSSR count). The van der Waals surface area contributed by atoms with Gasteiger partial charge in [0.25, 0.3) is 0 Å². The lowest BCUT2D eigenvalue weighted by atomic mass is 9.76. The second kappa shape index (κ2) is 8.25. The molecule has 5 nitrogen and oxygen atoms in total. The third-order valence-corrected chi connectivity index (χ3v) is 5.14. The molecule has 150 valence electrons. The van der Waals surface area contributed by atoms with Crippen LogP contribution in [0.4, 0.5) is 0 Å². The molecule has 0 aliphatic rings.